The average Bonchev–Trinajstić information content (AvgIpc) is 2.98. The lowest BCUT2D eigenvalue weighted by Gasteiger charge is -2.18. The Balaban J connectivity index is 1.55. The molecule has 1 aliphatic rings. The second kappa shape index (κ2) is 7.57. The van der Waals surface area contributed by atoms with Gasteiger partial charge in [-0.05, 0) is 42.7 Å². The Morgan fingerprint density at radius 2 is 1.88 bits per heavy atom. The highest BCUT2D eigenvalue weighted by Crippen LogP contribution is 2.22. The topological polar surface area (TPSA) is 59.0 Å². The smallest absolute Gasteiger partial charge is 0.410 e. The molecular formula is C20H23NO4. The summed E-state index contributed by atoms with van der Waals surface area (Å²) in [6, 6.07) is 15.3. The monoisotopic (exact) mass is 341 g/mol. The number of carbonyl (C=O) groups is 1. The van der Waals surface area contributed by atoms with Crippen LogP contribution < -0.4 is 4.74 Å². The van der Waals surface area contributed by atoms with Crippen LogP contribution in [0.3, 0.4) is 0 Å². The number of aliphatic hydroxyl groups excluding tert-OH is 1. The predicted molar refractivity (Wildman–Crippen MR) is 94.5 cm³/mol. The molecule has 0 bridgehead atoms. The summed E-state index contributed by atoms with van der Waals surface area (Å²) in [4.78, 5) is 13.7. The Bertz CT molecular complexity index is 732. The summed E-state index contributed by atoms with van der Waals surface area (Å²) in [7, 11) is 0. The molecule has 5 nitrogen and oxygen atoms in total. The number of carbonyl (C=O) groups excluding carboxylic acids is 1. The van der Waals surface area contributed by atoms with E-state index in [1.807, 2.05) is 62.4 Å². The van der Waals surface area contributed by atoms with Crippen molar-refractivity contribution in [2.75, 3.05) is 13.1 Å². The molecule has 1 heterocycles. The molecule has 0 unspecified atom stereocenters. The fourth-order valence-electron chi connectivity index (χ4n) is 2.79. The van der Waals surface area contributed by atoms with Crippen LogP contribution in [0.1, 0.15) is 16.7 Å². The van der Waals surface area contributed by atoms with Gasteiger partial charge in [0.1, 0.15) is 24.6 Å². The van der Waals surface area contributed by atoms with Crippen molar-refractivity contribution >= 4 is 6.09 Å². The van der Waals surface area contributed by atoms with E-state index in [0.717, 1.165) is 11.1 Å². The number of nitrogens with zero attached hydrogens (tertiary/aromatic N) is 1. The van der Waals surface area contributed by atoms with Crippen molar-refractivity contribution in [3.05, 3.63) is 65.2 Å². The highest BCUT2D eigenvalue weighted by atomic mass is 16.6. The van der Waals surface area contributed by atoms with E-state index < -0.39 is 18.3 Å². The summed E-state index contributed by atoms with van der Waals surface area (Å²) < 4.78 is 11.2. The molecule has 2 aromatic carbocycles. The second-order valence-electron chi connectivity index (χ2n) is 6.41. The minimum atomic E-state index is -0.731. The molecule has 3 rings (SSSR count). The predicted octanol–water partition coefficient (Wildman–Crippen LogP) is 3.06. The molecule has 1 aliphatic heterocycles. The Hall–Kier alpha value is -2.53. The standard InChI is InChI=1S/C20H23NO4/c1-14-8-9-17(10-15(14)2)25-19-12-21(11-18(19)22)20(23)24-13-16-6-4-3-5-7-16/h3-10,18-19,22H,11-13H2,1-2H3/t18-,19-/m1/s1. The molecule has 0 radical (unpaired) electrons. The van der Waals surface area contributed by atoms with Crippen molar-refractivity contribution in [3.63, 3.8) is 0 Å². The van der Waals surface area contributed by atoms with Crippen LogP contribution in [0.25, 0.3) is 0 Å². The van der Waals surface area contributed by atoms with Gasteiger partial charge in [-0.25, -0.2) is 4.79 Å². The van der Waals surface area contributed by atoms with Gasteiger partial charge in [0.25, 0.3) is 0 Å². The molecule has 1 fully saturated rings. The van der Waals surface area contributed by atoms with E-state index >= 15 is 0 Å². The van der Waals surface area contributed by atoms with Gasteiger partial charge in [-0.15, -0.1) is 0 Å². The molecule has 2 aromatic rings. The minimum Gasteiger partial charge on any atom is -0.486 e. The lowest BCUT2D eigenvalue weighted by molar-refractivity contribution is 0.0735. The first-order valence-corrected chi connectivity index (χ1v) is 8.40. The van der Waals surface area contributed by atoms with Crippen molar-refractivity contribution in [1.82, 2.24) is 4.90 Å². The number of hydrogen-bond donors (Lipinski definition) is 1. The van der Waals surface area contributed by atoms with Crippen LogP contribution in [0.4, 0.5) is 4.79 Å². The molecule has 25 heavy (non-hydrogen) atoms. The molecule has 132 valence electrons. The summed E-state index contributed by atoms with van der Waals surface area (Å²) in [6.45, 7) is 4.79. The van der Waals surface area contributed by atoms with Gasteiger partial charge in [0, 0.05) is 0 Å². The van der Waals surface area contributed by atoms with Gasteiger partial charge >= 0.3 is 6.09 Å². The van der Waals surface area contributed by atoms with Crippen LogP contribution in [0.5, 0.6) is 5.75 Å². The van der Waals surface area contributed by atoms with Gasteiger partial charge in [0.2, 0.25) is 0 Å². The van der Waals surface area contributed by atoms with Gasteiger partial charge in [-0.2, -0.15) is 0 Å². The molecule has 1 amide bonds. The van der Waals surface area contributed by atoms with E-state index in [4.69, 9.17) is 9.47 Å². The van der Waals surface area contributed by atoms with Crippen molar-refractivity contribution in [2.45, 2.75) is 32.7 Å². The molecule has 5 heteroatoms. The highest BCUT2D eigenvalue weighted by molar-refractivity contribution is 5.68. The van der Waals surface area contributed by atoms with Crippen molar-refractivity contribution < 1.29 is 19.4 Å². The fourth-order valence-corrected chi connectivity index (χ4v) is 2.79. The first-order chi connectivity index (χ1) is 12.0. The summed E-state index contributed by atoms with van der Waals surface area (Å²) in [5.74, 6) is 0.701. The zero-order chi connectivity index (χ0) is 17.8. The van der Waals surface area contributed by atoms with Crippen molar-refractivity contribution in [2.24, 2.45) is 0 Å². The molecule has 0 spiro atoms. The third-order valence-corrected chi connectivity index (χ3v) is 4.47. The Kier molecular flexibility index (Phi) is 5.24. The first-order valence-electron chi connectivity index (χ1n) is 8.40. The molecule has 0 aromatic heterocycles. The minimum absolute atomic E-state index is 0.211. The number of hydrogen-bond acceptors (Lipinski definition) is 4. The maximum absolute atomic E-state index is 12.2. The Morgan fingerprint density at radius 1 is 1.12 bits per heavy atom. The molecule has 2 atom stereocenters. The lowest BCUT2D eigenvalue weighted by Crippen LogP contribution is -2.31. The Labute approximate surface area is 147 Å². The highest BCUT2D eigenvalue weighted by Gasteiger charge is 2.36. The summed E-state index contributed by atoms with van der Waals surface area (Å²) in [6.07, 6.45) is -1.62. The van der Waals surface area contributed by atoms with Gasteiger partial charge < -0.3 is 19.5 Å². The van der Waals surface area contributed by atoms with Crippen LogP contribution in [0.2, 0.25) is 0 Å². The average molecular weight is 341 g/mol. The number of aliphatic hydroxyl groups is 1. The maximum Gasteiger partial charge on any atom is 0.410 e. The van der Waals surface area contributed by atoms with E-state index in [9.17, 15) is 9.90 Å². The number of benzene rings is 2. The zero-order valence-electron chi connectivity index (χ0n) is 14.5. The number of rotatable bonds is 4. The van der Waals surface area contributed by atoms with E-state index in [1.54, 1.807) is 0 Å². The van der Waals surface area contributed by atoms with E-state index in [1.165, 1.54) is 10.5 Å². The number of aryl methyl sites for hydroxylation is 2. The van der Waals surface area contributed by atoms with Crippen molar-refractivity contribution in [1.29, 1.82) is 0 Å². The second-order valence-corrected chi connectivity index (χ2v) is 6.41. The SMILES string of the molecule is Cc1ccc(O[C@@H]2CN(C(=O)OCc3ccccc3)C[C@H]2O)cc1C. The van der Waals surface area contributed by atoms with Gasteiger partial charge in [0.15, 0.2) is 0 Å². The van der Waals surface area contributed by atoms with Crippen molar-refractivity contribution in [3.8, 4) is 5.75 Å². The Morgan fingerprint density at radius 3 is 2.60 bits per heavy atom. The van der Waals surface area contributed by atoms with Gasteiger partial charge in [0.05, 0.1) is 13.1 Å². The number of β-amino-alcohol motifs (C(OH)–C–C–N with tert-alkyl or cyclic N) is 1. The fraction of sp³-hybridized carbons (Fsp3) is 0.350. The molecule has 0 saturated carbocycles. The third-order valence-electron chi connectivity index (χ3n) is 4.47. The first kappa shape index (κ1) is 17.3. The molecule has 1 saturated heterocycles. The van der Waals surface area contributed by atoms with Gasteiger partial charge in [-0.1, -0.05) is 36.4 Å². The van der Waals surface area contributed by atoms with Crippen LogP contribution in [0.15, 0.2) is 48.5 Å². The largest absolute Gasteiger partial charge is 0.486 e. The normalized spacial score (nSPS) is 19.7. The summed E-state index contributed by atoms with van der Waals surface area (Å²) >= 11 is 0. The van der Waals surface area contributed by atoms with E-state index in [-0.39, 0.29) is 13.2 Å². The maximum atomic E-state index is 12.2. The van der Waals surface area contributed by atoms with E-state index in [0.29, 0.717) is 12.3 Å². The third kappa shape index (κ3) is 4.31. The van der Waals surface area contributed by atoms with E-state index in [2.05, 4.69) is 0 Å². The van der Waals surface area contributed by atoms with Crippen LogP contribution in [-0.4, -0.2) is 41.4 Å². The zero-order valence-corrected chi connectivity index (χ0v) is 14.5. The quantitative estimate of drug-likeness (QED) is 0.928. The van der Waals surface area contributed by atoms with Crippen LogP contribution in [0, 0.1) is 13.8 Å². The molecule has 0 aliphatic carbocycles. The van der Waals surface area contributed by atoms with Crippen LogP contribution in [-0.2, 0) is 11.3 Å². The number of amides is 1. The number of ether oxygens (including phenoxy) is 2. The lowest BCUT2D eigenvalue weighted by atomic mass is 10.1. The molecular weight excluding hydrogens is 318 g/mol. The van der Waals surface area contributed by atoms with Gasteiger partial charge in [-0.3, -0.25) is 0 Å². The van der Waals surface area contributed by atoms with Crippen LogP contribution >= 0.6 is 0 Å². The molecule has 1 N–H and O–H groups in total. The summed E-state index contributed by atoms with van der Waals surface area (Å²) in [5, 5.41) is 10.2. The number of likely N-dealkylation sites (tertiary alicyclic amines) is 1. The summed E-state index contributed by atoms with van der Waals surface area (Å²) in [5.41, 5.74) is 3.24.